The lowest BCUT2D eigenvalue weighted by atomic mass is 10.00. The van der Waals surface area contributed by atoms with Gasteiger partial charge in [0, 0.05) is 23.3 Å². The van der Waals surface area contributed by atoms with Crippen LogP contribution in [0.2, 0.25) is 5.02 Å². The zero-order valence-corrected chi connectivity index (χ0v) is 13.2. The van der Waals surface area contributed by atoms with Gasteiger partial charge < -0.3 is 4.74 Å². The second kappa shape index (κ2) is 6.48. The van der Waals surface area contributed by atoms with Crippen LogP contribution in [0.25, 0.3) is 0 Å². The molecule has 0 saturated carbocycles. The molecule has 1 heterocycles. The number of aliphatic imine (C=N–C) groups is 1. The number of anilines is 1. The van der Waals surface area contributed by atoms with Crippen molar-refractivity contribution in [3.8, 4) is 0 Å². The van der Waals surface area contributed by atoms with Crippen molar-refractivity contribution < 1.29 is 13.9 Å². The molecule has 1 aliphatic rings. The summed E-state index contributed by atoms with van der Waals surface area (Å²) in [7, 11) is 1.51. The normalized spacial score (nSPS) is 14.3. The van der Waals surface area contributed by atoms with Gasteiger partial charge in [-0.15, -0.1) is 0 Å². The van der Waals surface area contributed by atoms with Crippen molar-refractivity contribution in [3.63, 3.8) is 0 Å². The molecule has 0 saturated heterocycles. The standard InChI is InChI=1S/C17H14ClFN2O2/c1-23-10-21-15-7-6-11(18)8-13(15)17(20-9-16(21)22)12-4-2-3-5-14(12)19/h2-8H,9-10H2,1H3. The molecule has 0 unspecified atom stereocenters. The van der Waals surface area contributed by atoms with Gasteiger partial charge in [-0.1, -0.05) is 23.7 Å². The van der Waals surface area contributed by atoms with E-state index in [0.29, 0.717) is 27.5 Å². The zero-order valence-electron chi connectivity index (χ0n) is 12.4. The van der Waals surface area contributed by atoms with Crippen LogP contribution in [-0.2, 0) is 9.53 Å². The Labute approximate surface area is 138 Å². The van der Waals surface area contributed by atoms with E-state index in [4.69, 9.17) is 16.3 Å². The summed E-state index contributed by atoms with van der Waals surface area (Å²) in [4.78, 5) is 18.1. The Morgan fingerprint density at radius 3 is 2.78 bits per heavy atom. The topological polar surface area (TPSA) is 41.9 Å². The highest BCUT2D eigenvalue weighted by Gasteiger charge is 2.26. The Kier molecular flexibility index (Phi) is 4.41. The van der Waals surface area contributed by atoms with E-state index in [0.717, 1.165) is 0 Å². The molecule has 0 aromatic heterocycles. The van der Waals surface area contributed by atoms with E-state index < -0.39 is 5.82 Å². The predicted molar refractivity (Wildman–Crippen MR) is 87.7 cm³/mol. The average Bonchev–Trinajstić information content (AvgIpc) is 2.66. The number of halogens is 2. The Morgan fingerprint density at radius 1 is 1.26 bits per heavy atom. The quantitative estimate of drug-likeness (QED) is 0.865. The summed E-state index contributed by atoms with van der Waals surface area (Å²) in [6.07, 6.45) is 0. The first-order valence-corrected chi connectivity index (χ1v) is 7.38. The molecule has 0 aliphatic carbocycles. The molecule has 2 aromatic rings. The summed E-state index contributed by atoms with van der Waals surface area (Å²) < 4.78 is 19.3. The fourth-order valence-electron chi connectivity index (χ4n) is 2.54. The molecule has 0 fully saturated rings. The maximum Gasteiger partial charge on any atom is 0.250 e. The lowest BCUT2D eigenvalue weighted by Gasteiger charge is -2.22. The molecule has 1 aliphatic heterocycles. The summed E-state index contributed by atoms with van der Waals surface area (Å²) in [5, 5.41) is 0.486. The number of carbonyl (C=O) groups is 1. The van der Waals surface area contributed by atoms with Crippen molar-refractivity contribution in [3.05, 3.63) is 64.4 Å². The molecule has 0 N–H and O–H groups in total. The Morgan fingerprint density at radius 2 is 2.04 bits per heavy atom. The monoisotopic (exact) mass is 332 g/mol. The lowest BCUT2D eigenvalue weighted by Crippen LogP contribution is -2.34. The van der Waals surface area contributed by atoms with Crippen LogP contribution in [0, 0.1) is 5.82 Å². The van der Waals surface area contributed by atoms with E-state index in [1.54, 1.807) is 36.4 Å². The van der Waals surface area contributed by atoms with Gasteiger partial charge in [0.1, 0.15) is 19.1 Å². The Balaban J connectivity index is 2.22. The maximum atomic E-state index is 14.2. The van der Waals surface area contributed by atoms with E-state index in [-0.39, 0.29) is 19.2 Å². The number of methoxy groups -OCH3 is 1. The van der Waals surface area contributed by atoms with Crippen LogP contribution in [0.1, 0.15) is 11.1 Å². The molecule has 0 bridgehead atoms. The number of ether oxygens (including phenoxy) is 1. The highest BCUT2D eigenvalue weighted by atomic mass is 35.5. The maximum absolute atomic E-state index is 14.2. The lowest BCUT2D eigenvalue weighted by molar-refractivity contribution is -0.118. The second-order valence-electron chi connectivity index (χ2n) is 5.05. The van der Waals surface area contributed by atoms with Gasteiger partial charge in [0.25, 0.3) is 5.91 Å². The van der Waals surface area contributed by atoms with Crippen molar-refractivity contribution in [1.82, 2.24) is 0 Å². The van der Waals surface area contributed by atoms with E-state index in [1.807, 2.05) is 0 Å². The molecule has 23 heavy (non-hydrogen) atoms. The number of hydrogen-bond donors (Lipinski definition) is 0. The second-order valence-corrected chi connectivity index (χ2v) is 5.48. The molecule has 4 nitrogen and oxygen atoms in total. The first-order chi connectivity index (χ1) is 11.1. The largest absolute Gasteiger partial charge is 0.364 e. The first kappa shape index (κ1) is 15.6. The molecule has 0 spiro atoms. The third-order valence-electron chi connectivity index (χ3n) is 3.57. The van der Waals surface area contributed by atoms with Crippen LogP contribution in [0.3, 0.4) is 0 Å². The zero-order chi connectivity index (χ0) is 16.4. The van der Waals surface area contributed by atoms with Gasteiger partial charge in [-0.05, 0) is 30.3 Å². The number of amides is 1. The van der Waals surface area contributed by atoms with Crippen LogP contribution in [0.4, 0.5) is 10.1 Å². The smallest absolute Gasteiger partial charge is 0.250 e. The Hall–Kier alpha value is -2.24. The van der Waals surface area contributed by atoms with Gasteiger partial charge in [0.2, 0.25) is 0 Å². The van der Waals surface area contributed by atoms with E-state index in [1.165, 1.54) is 18.1 Å². The number of rotatable bonds is 3. The minimum absolute atomic E-state index is 0.0840. The van der Waals surface area contributed by atoms with Crippen molar-refractivity contribution in [2.24, 2.45) is 4.99 Å². The fourth-order valence-corrected chi connectivity index (χ4v) is 2.71. The van der Waals surface area contributed by atoms with E-state index in [9.17, 15) is 9.18 Å². The molecular weight excluding hydrogens is 319 g/mol. The predicted octanol–water partition coefficient (Wildman–Crippen LogP) is 3.27. The number of nitrogens with zero attached hydrogens (tertiary/aromatic N) is 2. The average molecular weight is 333 g/mol. The molecular formula is C17H14ClFN2O2. The molecule has 3 rings (SSSR count). The highest BCUT2D eigenvalue weighted by molar-refractivity contribution is 6.32. The molecule has 118 valence electrons. The van der Waals surface area contributed by atoms with E-state index in [2.05, 4.69) is 4.99 Å². The number of benzene rings is 2. The van der Waals surface area contributed by atoms with Gasteiger partial charge in [-0.2, -0.15) is 0 Å². The van der Waals surface area contributed by atoms with Crippen LogP contribution in [0.5, 0.6) is 0 Å². The number of benzodiazepines with no additional fused rings is 1. The van der Waals surface area contributed by atoms with Crippen LogP contribution in [-0.4, -0.2) is 32.0 Å². The van der Waals surface area contributed by atoms with Crippen molar-refractivity contribution in [1.29, 1.82) is 0 Å². The van der Waals surface area contributed by atoms with Crippen LogP contribution in [0.15, 0.2) is 47.5 Å². The van der Waals surface area contributed by atoms with Gasteiger partial charge in [0.05, 0.1) is 11.4 Å². The molecule has 1 amide bonds. The van der Waals surface area contributed by atoms with Crippen LogP contribution < -0.4 is 4.90 Å². The summed E-state index contributed by atoms with van der Waals surface area (Å²) in [5.74, 6) is -0.619. The summed E-state index contributed by atoms with van der Waals surface area (Å²) in [6, 6.07) is 11.4. The first-order valence-electron chi connectivity index (χ1n) is 7.00. The summed E-state index contributed by atoms with van der Waals surface area (Å²) in [5.41, 5.74) is 1.95. The molecule has 0 radical (unpaired) electrons. The summed E-state index contributed by atoms with van der Waals surface area (Å²) >= 11 is 6.10. The van der Waals surface area contributed by atoms with Gasteiger partial charge in [-0.25, -0.2) is 4.39 Å². The van der Waals surface area contributed by atoms with Gasteiger partial charge >= 0.3 is 0 Å². The molecule has 2 aromatic carbocycles. The van der Waals surface area contributed by atoms with Crippen molar-refractivity contribution in [2.75, 3.05) is 25.3 Å². The highest BCUT2D eigenvalue weighted by Crippen LogP contribution is 2.30. The summed E-state index contributed by atoms with van der Waals surface area (Å²) in [6.45, 7) is 0.00681. The SMILES string of the molecule is COCN1C(=O)CN=C(c2ccccc2F)c2cc(Cl)ccc21. The Bertz CT molecular complexity index is 792. The third-order valence-corrected chi connectivity index (χ3v) is 3.80. The van der Waals surface area contributed by atoms with Crippen molar-refractivity contribution in [2.45, 2.75) is 0 Å². The van der Waals surface area contributed by atoms with Crippen molar-refractivity contribution >= 4 is 28.9 Å². The van der Waals surface area contributed by atoms with Gasteiger partial charge in [-0.3, -0.25) is 14.7 Å². The number of hydrogen-bond acceptors (Lipinski definition) is 3. The molecule has 0 atom stereocenters. The minimum Gasteiger partial charge on any atom is -0.364 e. The number of carbonyl (C=O) groups excluding carboxylic acids is 1. The minimum atomic E-state index is -0.398. The molecule has 6 heteroatoms. The fraction of sp³-hybridized carbons (Fsp3) is 0.176. The third kappa shape index (κ3) is 2.98. The van der Waals surface area contributed by atoms with Gasteiger partial charge in [0.15, 0.2) is 0 Å². The number of fused-ring (bicyclic) bond motifs is 1. The van der Waals surface area contributed by atoms with Crippen LogP contribution >= 0.6 is 11.6 Å². The van der Waals surface area contributed by atoms with E-state index >= 15 is 0 Å².